The van der Waals surface area contributed by atoms with Crippen molar-refractivity contribution in [3.8, 4) is 0 Å². The second kappa shape index (κ2) is 3.23. The number of piperidine rings is 2. The van der Waals surface area contributed by atoms with E-state index in [0.717, 1.165) is 25.4 Å². The summed E-state index contributed by atoms with van der Waals surface area (Å²) in [7, 11) is 0. The van der Waals surface area contributed by atoms with E-state index in [1.807, 2.05) is 0 Å². The molecule has 14 heavy (non-hydrogen) atoms. The highest BCUT2D eigenvalue weighted by atomic mass is 16.2. The number of hydrogen-bond donors (Lipinski definition) is 1. The highest BCUT2D eigenvalue weighted by Gasteiger charge is 2.49. The predicted octanol–water partition coefficient (Wildman–Crippen LogP) is 0.749. The molecule has 3 aliphatic rings. The molecule has 78 valence electrons. The first-order chi connectivity index (χ1) is 6.86. The van der Waals surface area contributed by atoms with E-state index in [2.05, 4.69) is 10.2 Å². The Kier molecular flexibility index (Phi) is 2.01. The van der Waals surface area contributed by atoms with Crippen molar-refractivity contribution in [2.75, 3.05) is 13.1 Å². The fourth-order valence-corrected chi connectivity index (χ4v) is 2.93. The van der Waals surface area contributed by atoms with Gasteiger partial charge in [0.05, 0.1) is 6.04 Å². The van der Waals surface area contributed by atoms with Crippen LogP contribution in [0.15, 0.2) is 0 Å². The molecule has 1 amide bonds. The van der Waals surface area contributed by atoms with Crippen LogP contribution in [0.25, 0.3) is 0 Å². The van der Waals surface area contributed by atoms with Gasteiger partial charge in [-0.1, -0.05) is 6.42 Å². The number of carbonyl (C=O) groups excluding carboxylic acids is 1. The lowest BCUT2D eigenvalue weighted by Gasteiger charge is -2.28. The molecule has 0 bridgehead atoms. The Labute approximate surface area is 84.8 Å². The Morgan fingerprint density at radius 3 is 2.79 bits per heavy atom. The lowest BCUT2D eigenvalue weighted by molar-refractivity contribution is -0.133. The molecular formula is C11H18N2O. The van der Waals surface area contributed by atoms with Crippen molar-refractivity contribution in [1.82, 2.24) is 10.2 Å². The van der Waals surface area contributed by atoms with Crippen LogP contribution >= 0.6 is 0 Å². The number of likely N-dealkylation sites (tertiary alicyclic amines) is 1. The zero-order chi connectivity index (χ0) is 9.54. The largest absolute Gasteiger partial charge is 0.338 e. The van der Waals surface area contributed by atoms with E-state index in [-0.39, 0.29) is 6.04 Å². The average Bonchev–Trinajstić information content (AvgIpc) is 2.91. The summed E-state index contributed by atoms with van der Waals surface area (Å²) in [6, 6.07) is 0.773. The molecule has 2 heterocycles. The van der Waals surface area contributed by atoms with Crippen LogP contribution in [-0.4, -0.2) is 36.0 Å². The normalized spacial score (nSPS) is 40.9. The first-order valence-corrected chi connectivity index (χ1v) is 5.90. The van der Waals surface area contributed by atoms with Crippen LogP contribution < -0.4 is 5.32 Å². The quantitative estimate of drug-likeness (QED) is 0.668. The minimum Gasteiger partial charge on any atom is -0.338 e. The molecule has 1 saturated carbocycles. The molecule has 0 spiro atoms. The highest BCUT2D eigenvalue weighted by Crippen LogP contribution is 2.44. The van der Waals surface area contributed by atoms with Gasteiger partial charge in [0.25, 0.3) is 0 Å². The summed E-state index contributed by atoms with van der Waals surface area (Å²) in [6.45, 7) is 2.05. The molecule has 3 rings (SSSR count). The van der Waals surface area contributed by atoms with Crippen LogP contribution in [0.5, 0.6) is 0 Å². The number of nitrogens with one attached hydrogen (secondary N) is 1. The molecule has 0 aromatic carbocycles. The second-order valence-corrected chi connectivity index (χ2v) is 4.89. The number of rotatable bonds is 1. The molecule has 3 heteroatoms. The summed E-state index contributed by atoms with van der Waals surface area (Å²) in [5.41, 5.74) is 0. The number of hydrogen-bond acceptors (Lipinski definition) is 2. The van der Waals surface area contributed by atoms with Crippen LogP contribution in [0.2, 0.25) is 0 Å². The zero-order valence-electron chi connectivity index (χ0n) is 8.54. The molecular weight excluding hydrogens is 176 g/mol. The maximum Gasteiger partial charge on any atom is 0.239 e. The summed E-state index contributed by atoms with van der Waals surface area (Å²) >= 11 is 0. The summed E-state index contributed by atoms with van der Waals surface area (Å²) in [4.78, 5) is 14.2. The van der Waals surface area contributed by atoms with Gasteiger partial charge in [0.2, 0.25) is 5.91 Å². The van der Waals surface area contributed by atoms with Gasteiger partial charge in [-0.25, -0.2) is 0 Å². The van der Waals surface area contributed by atoms with Gasteiger partial charge in [-0.2, -0.15) is 0 Å². The van der Waals surface area contributed by atoms with Crippen LogP contribution in [0.3, 0.4) is 0 Å². The fourth-order valence-electron chi connectivity index (χ4n) is 2.93. The van der Waals surface area contributed by atoms with Crippen molar-refractivity contribution in [1.29, 1.82) is 0 Å². The maximum absolute atomic E-state index is 12.1. The molecule has 1 aliphatic carbocycles. The number of nitrogens with zero attached hydrogens (tertiary/aromatic N) is 1. The van der Waals surface area contributed by atoms with Crippen molar-refractivity contribution in [2.24, 2.45) is 5.92 Å². The Bertz CT molecular complexity index is 248. The SMILES string of the molecule is O=C(C1CCCCN1)N1CCC2CC21. The Balaban J connectivity index is 1.63. The van der Waals surface area contributed by atoms with E-state index in [1.54, 1.807) is 0 Å². The van der Waals surface area contributed by atoms with Gasteiger partial charge >= 0.3 is 0 Å². The molecule has 3 unspecified atom stereocenters. The Morgan fingerprint density at radius 2 is 2.21 bits per heavy atom. The summed E-state index contributed by atoms with van der Waals surface area (Å²) in [6.07, 6.45) is 6.02. The monoisotopic (exact) mass is 194 g/mol. The van der Waals surface area contributed by atoms with Gasteiger partial charge in [-0.15, -0.1) is 0 Å². The van der Waals surface area contributed by atoms with Gasteiger partial charge in [-0.05, 0) is 38.1 Å². The van der Waals surface area contributed by atoms with E-state index in [4.69, 9.17) is 0 Å². The zero-order valence-corrected chi connectivity index (χ0v) is 8.54. The minimum absolute atomic E-state index is 0.142. The third-order valence-electron chi connectivity index (χ3n) is 3.92. The van der Waals surface area contributed by atoms with E-state index in [0.29, 0.717) is 11.9 Å². The van der Waals surface area contributed by atoms with Crippen LogP contribution in [0.1, 0.15) is 32.1 Å². The molecule has 3 atom stereocenters. The van der Waals surface area contributed by atoms with Crippen molar-refractivity contribution >= 4 is 5.91 Å². The first-order valence-electron chi connectivity index (χ1n) is 5.90. The Hall–Kier alpha value is -0.570. The number of amides is 1. The van der Waals surface area contributed by atoms with Crippen molar-refractivity contribution in [3.05, 3.63) is 0 Å². The van der Waals surface area contributed by atoms with E-state index >= 15 is 0 Å². The van der Waals surface area contributed by atoms with Gasteiger partial charge in [0.1, 0.15) is 0 Å². The van der Waals surface area contributed by atoms with Gasteiger partial charge in [0.15, 0.2) is 0 Å². The summed E-state index contributed by atoms with van der Waals surface area (Å²) in [5, 5.41) is 3.34. The van der Waals surface area contributed by atoms with Gasteiger partial charge < -0.3 is 10.2 Å². The molecule has 0 aromatic heterocycles. The smallest absolute Gasteiger partial charge is 0.239 e. The van der Waals surface area contributed by atoms with Gasteiger partial charge in [0, 0.05) is 12.6 Å². The lowest BCUT2D eigenvalue weighted by Crippen LogP contribution is -2.48. The number of fused-ring (bicyclic) bond motifs is 1. The lowest BCUT2D eigenvalue weighted by atomic mass is 10.0. The third kappa shape index (κ3) is 1.34. The standard InChI is InChI=1S/C11H18N2O/c14-11(9-3-1-2-5-12-9)13-6-4-8-7-10(8)13/h8-10,12H,1-7H2. The average molecular weight is 194 g/mol. The van der Waals surface area contributed by atoms with E-state index < -0.39 is 0 Å². The summed E-state index contributed by atoms with van der Waals surface area (Å²) in [5.74, 6) is 1.25. The molecule has 0 radical (unpaired) electrons. The highest BCUT2D eigenvalue weighted by molar-refractivity contribution is 5.83. The summed E-state index contributed by atoms with van der Waals surface area (Å²) < 4.78 is 0. The van der Waals surface area contributed by atoms with E-state index in [1.165, 1.54) is 25.7 Å². The van der Waals surface area contributed by atoms with Crippen molar-refractivity contribution < 1.29 is 4.79 Å². The van der Waals surface area contributed by atoms with Crippen LogP contribution in [0.4, 0.5) is 0 Å². The molecule has 2 saturated heterocycles. The fraction of sp³-hybridized carbons (Fsp3) is 0.909. The van der Waals surface area contributed by atoms with E-state index in [9.17, 15) is 4.79 Å². The number of carbonyl (C=O) groups is 1. The Morgan fingerprint density at radius 1 is 1.29 bits per heavy atom. The van der Waals surface area contributed by atoms with Crippen LogP contribution in [-0.2, 0) is 4.79 Å². The topological polar surface area (TPSA) is 32.3 Å². The molecule has 3 fully saturated rings. The van der Waals surface area contributed by atoms with Crippen molar-refractivity contribution in [3.63, 3.8) is 0 Å². The minimum atomic E-state index is 0.142. The maximum atomic E-state index is 12.1. The predicted molar refractivity (Wildman–Crippen MR) is 53.9 cm³/mol. The molecule has 3 nitrogen and oxygen atoms in total. The second-order valence-electron chi connectivity index (χ2n) is 4.89. The first kappa shape index (κ1) is 8.72. The van der Waals surface area contributed by atoms with Gasteiger partial charge in [-0.3, -0.25) is 4.79 Å². The third-order valence-corrected chi connectivity index (χ3v) is 3.92. The van der Waals surface area contributed by atoms with Crippen LogP contribution in [0, 0.1) is 5.92 Å². The molecule has 0 aromatic rings. The van der Waals surface area contributed by atoms with Crippen molar-refractivity contribution in [2.45, 2.75) is 44.2 Å². The molecule has 1 N–H and O–H groups in total. The molecule has 2 aliphatic heterocycles.